The third kappa shape index (κ3) is 3.10. The van der Waals surface area contributed by atoms with Crippen LogP contribution in [0.15, 0.2) is 42.7 Å². The fraction of sp³-hybridized carbons (Fsp3) is 0.200. The normalized spacial score (nSPS) is 10.2. The fourth-order valence-electron chi connectivity index (χ4n) is 2.04. The summed E-state index contributed by atoms with van der Waals surface area (Å²) in [6, 6.07) is 9.87. The van der Waals surface area contributed by atoms with Crippen LogP contribution in [0, 0.1) is 12.3 Å². The summed E-state index contributed by atoms with van der Waals surface area (Å²) in [5.74, 6) is 0.0908. The quantitative estimate of drug-likeness (QED) is 0.650. The second-order valence-corrected chi connectivity index (χ2v) is 4.65. The van der Waals surface area contributed by atoms with Crippen molar-refractivity contribution in [3.63, 3.8) is 0 Å². The van der Waals surface area contributed by atoms with Crippen molar-refractivity contribution < 1.29 is 0 Å². The lowest BCUT2D eigenvalue weighted by Crippen LogP contribution is -2.22. The zero-order chi connectivity index (χ0) is 13.8. The van der Waals surface area contributed by atoms with Gasteiger partial charge in [0.1, 0.15) is 5.84 Å². The lowest BCUT2D eigenvalue weighted by Gasteiger charge is -2.22. The number of benzene rings is 1. The third-order valence-corrected chi connectivity index (χ3v) is 3.00. The first-order chi connectivity index (χ1) is 9.08. The van der Waals surface area contributed by atoms with E-state index < -0.39 is 0 Å². The topological polar surface area (TPSA) is 66.0 Å². The van der Waals surface area contributed by atoms with E-state index in [1.165, 1.54) is 0 Å². The van der Waals surface area contributed by atoms with Crippen LogP contribution in [0.25, 0.3) is 0 Å². The molecule has 4 nitrogen and oxygen atoms in total. The Bertz CT molecular complexity index is 578. The SMILES string of the molecule is Cc1ccc(C(=N)N)c(N(C)Cc2cccnc2)c1. The number of amidine groups is 1. The Hall–Kier alpha value is -2.36. The summed E-state index contributed by atoms with van der Waals surface area (Å²) in [5, 5.41) is 7.66. The van der Waals surface area contributed by atoms with Crippen LogP contribution in [0.4, 0.5) is 5.69 Å². The molecule has 0 spiro atoms. The van der Waals surface area contributed by atoms with E-state index in [-0.39, 0.29) is 5.84 Å². The summed E-state index contributed by atoms with van der Waals surface area (Å²) >= 11 is 0. The van der Waals surface area contributed by atoms with E-state index in [9.17, 15) is 0 Å². The number of aromatic nitrogens is 1. The minimum atomic E-state index is 0.0908. The van der Waals surface area contributed by atoms with Crippen LogP contribution in [0.1, 0.15) is 16.7 Å². The molecule has 1 aromatic heterocycles. The average Bonchev–Trinajstić information content (AvgIpc) is 2.39. The Balaban J connectivity index is 2.30. The van der Waals surface area contributed by atoms with Gasteiger partial charge in [-0.25, -0.2) is 0 Å². The Morgan fingerprint density at radius 3 is 2.79 bits per heavy atom. The van der Waals surface area contributed by atoms with Gasteiger partial charge in [-0.3, -0.25) is 10.4 Å². The van der Waals surface area contributed by atoms with Gasteiger partial charge in [-0.15, -0.1) is 0 Å². The van der Waals surface area contributed by atoms with Crippen LogP contribution in [-0.4, -0.2) is 17.9 Å². The molecule has 0 saturated heterocycles. The molecular formula is C15H18N4. The maximum absolute atomic E-state index is 7.66. The Morgan fingerprint density at radius 1 is 1.37 bits per heavy atom. The van der Waals surface area contributed by atoms with Gasteiger partial charge in [0.25, 0.3) is 0 Å². The number of nitrogens with two attached hydrogens (primary N) is 1. The maximum Gasteiger partial charge on any atom is 0.124 e. The maximum atomic E-state index is 7.66. The summed E-state index contributed by atoms with van der Waals surface area (Å²) < 4.78 is 0. The summed E-state index contributed by atoms with van der Waals surface area (Å²) in [5.41, 5.74) is 9.65. The van der Waals surface area contributed by atoms with Gasteiger partial charge in [0, 0.05) is 37.2 Å². The Morgan fingerprint density at radius 2 is 2.16 bits per heavy atom. The Kier molecular flexibility index (Phi) is 3.80. The van der Waals surface area contributed by atoms with Gasteiger partial charge < -0.3 is 10.6 Å². The molecule has 0 aliphatic rings. The van der Waals surface area contributed by atoms with Crippen LogP contribution >= 0.6 is 0 Å². The number of nitrogens with zero attached hydrogens (tertiary/aromatic N) is 2. The standard InChI is InChI=1S/C15H18N4/c1-11-5-6-13(15(16)17)14(8-11)19(2)10-12-4-3-7-18-9-12/h3-9H,10H2,1-2H3,(H3,16,17). The number of hydrogen-bond acceptors (Lipinski definition) is 3. The molecule has 0 fully saturated rings. The summed E-state index contributed by atoms with van der Waals surface area (Å²) in [7, 11) is 1.99. The highest BCUT2D eigenvalue weighted by Gasteiger charge is 2.10. The molecular weight excluding hydrogens is 236 g/mol. The van der Waals surface area contributed by atoms with Crippen molar-refractivity contribution in [1.29, 1.82) is 5.41 Å². The van der Waals surface area contributed by atoms with Crippen LogP contribution in [0.3, 0.4) is 0 Å². The molecule has 0 amide bonds. The van der Waals surface area contributed by atoms with Crippen molar-refractivity contribution >= 4 is 11.5 Å². The molecule has 0 aliphatic heterocycles. The van der Waals surface area contributed by atoms with E-state index >= 15 is 0 Å². The molecule has 0 bridgehead atoms. The molecule has 19 heavy (non-hydrogen) atoms. The van der Waals surface area contributed by atoms with Gasteiger partial charge in [-0.2, -0.15) is 0 Å². The second kappa shape index (κ2) is 5.52. The summed E-state index contributed by atoms with van der Waals surface area (Å²) in [4.78, 5) is 6.20. The van der Waals surface area contributed by atoms with Crippen molar-refractivity contribution in [2.45, 2.75) is 13.5 Å². The molecule has 4 heteroatoms. The zero-order valence-corrected chi connectivity index (χ0v) is 11.2. The molecule has 1 aromatic carbocycles. The highest BCUT2D eigenvalue weighted by molar-refractivity contribution is 6.00. The zero-order valence-electron chi connectivity index (χ0n) is 11.2. The van der Waals surface area contributed by atoms with Gasteiger partial charge in [0.2, 0.25) is 0 Å². The van der Waals surface area contributed by atoms with Gasteiger partial charge >= 0.3 is 0 Å². The van der Waals surface area contributed by atoms with Gasteiger partial charge in [0.05, 0.1) is 0 Å². The fourth-order valence-corrected chi connectivity index (χ4v) is 2.04. The molecule has 3 N–H and O–H groups in total. The highest BCUT2D eigenvalue weighted by atomic mass is 15.1. The van der Waals surface area contributed by atoms with E-state index in [1.807, 2.05) is 50.5 Å². The van der Waals surface area contributed by atoms with Crippen LogP contribution in [0.2, 0.25) is 0 Å². The van der Waals surface area contributed by atoms with E-state index in [0.29, 0.717) is 0 Å². The van der Waals surface area contributed by atoms with Gasteiger partial charge in [-0.05, 0) is 36.2 Å². The minimum absolute atomic E-state index is 0.0908. The van der Waals surface area contributed by atoms with Crippen LogP contribution < -0.4 is 10.6 Å². The molecule has 1 heterocycles. The molecule has 0 unspecified atom stereocenters. The van der Waals surface area contributed by atoms with Gasteiger partial charge in [-0.1, -0.05) is 12.1 Å². The molecule has 0 atom stereocenters. The predicted octanol–water partition coefficient (Wildman–Crippen LogP) is 2.31. The van der Waals surface area contributed by atoms with Crippen molar-refractivity contribution in [2.75, 3.05) is 11.9 Å². The summed E-state index contributed by atoms with van der Waals surface area (Å²) in [6.07, 6.45) is 3.61. The highest BCUT2D eigenvalue weighted by Crippen LogP contribution is 2.22. The molecule has 0 saturated carbocycles. The van der Waals surface area contributed by atoms with Gasteiger partial charge in [0.15, 0.2) is 0 Å². The van der Waals surface area contributed by atoms with E-state index in [1.54, 1.807) is 6.20 Å². The lowest BCUT2D eigenvalue weighted by molar-refractivity contribution is 0.912. The number of anilines is 1. The monoisotopic (exact) mass is 254 g/mol. The first kappa shape index (κ1) is 13.1. The largest absolute Gasteiger partial charge is 0.384 e. The number of nitrogens with one attached hydrogen (secondary N) is 1. The minimum Gasteiger partial charge on any atom is -0.384 e. The van der Waals surface area contributed by atoms with Crippen molar-refractivity contribution in [1.82, 2.24) is 4.98 Å². The van der Waals surface area contributed by atoms with Crippen molar-refractivity contribution in [3.8, 4) is 0 Å². The number of hydrogen-bond donors (Lipinski definition) is 2. The molecule has 0 aliphatic carbocycles. The number of rotatable bonds is 4. The van der Waals surface area contributed by atoms with Crippen molar-refractivity contribution in [2.24, 2.45) is 5.73 Å². The third-order valence-electron chi connectivity index (χ3n) is 3.00. The Labute approximate surface area is 113 Å². The summed E-state index contributed by atoms with van der Waals surface area (Å²) in [6.45, 7) is 2.77. The van der Waals surface area contributed by atoms with E-state index in [2.05, 4.69) is 9.88 Å². The molecule has 2 rings (SSSR count). The number of pyridine rings is 1. The molecule has 0 radical (unpaired) electrons. The van der Waals surface area contributed by atoms with Crippen LogP contribution in [0.5, 0.6) is 0 Å². The molecule has 2 aromatic rings. The lowest BCUT2D eigenvalue weighted by atomic mass is 10.1. The number of nitrogen functional groups attached to an aromatic ring is 1. The van der Waals surface area contributed by atoms with E-state index in [0.717, 1.165) is 28.9 Å². The first-order valence-electron chi connectivity index (χ1n) is 6.13. The number of aryl methyl sites for hydroxylation is 1. The first-order valence-corrected chi connectivity index (χ1v) is 6.13. The average molecular weight is 254 g/mol. The second-order valence-electron chi connectivity index (χ2n) is 4.65. The van der Waals surface area contributed by atoms with E-state index in [4.69, 9.17) is 11.1 Å². The predicted molar refractivity (Wildman–Crippen MR) is 78.5 cm³/mol. The van der Waals surface area contributed by atoms with Crippen LogP contribution in [-0.2, 0) is 6.54 Å². The smallest absolute Gasteiger partial charge is 0.124 e. The molecule has 98 valence electrons. The van der Waals surface area contributed by atoms with Crippen molar-refractivity contribution in [3.05, 3.63) is 59.4 Å².